The van der Waals surface area contributed by atoms with E-state index in [2.05, 4.69) is 45.7 Å². The van der Waals surface area contributed by atoms with Gasteiger partial charge in [0.15, 0.2) is 0 Å². The van der Waals surface area contributed by atoms with E-state index in [0.29, 0.717) is 44.7 Å². The summed E-state index contributed by atoms with van der Waals surface area (Å²) in [5.74, 6) is -0.959. The van der Waals surface area contributed by atoms with Gasteiger partial charge in [-0.05, 0) is 37.1 Å². The van der Waals surface area contributed by atoms with Gasteiger partial charge in [-0.1, -0.05) is 161 Å². The van der Waals surface area contributed by atoms with E-state index in [0.717, 1.165) is 38.5 Å². The SMILES string of the molecule is CCCCCCCCCCCCOC(=O)c1cc(N)cc(Br)c1-c1c(Br)cc(N)cc1C(=O)OCCCCCCCCCCCC. The molecule has 0 unspecified atom stereocenters. The Hall–Kier alpha value is -2.06. The Kier molecular flexibility index (Phi) is 21.0. The molecule has 258 valence electrons. The largest absolute Gasteiger partial charge is 0.462 e. The summed E-state index contributed by atoms with van der Waals surface area (Å²) in [7, 11) is 0. The Morgan fingerprint density at radius 3 is 1.09 bits per heavy atom. The predicted molar refractivity (Wildman–Crippen MR) is 200 cm³/mol. The molecule has 2 aromatic rings. The van der Waals surface area contributed by atoms with Crippen LogP contribution in [0.3, 0.4) is 0 Å². The van der Waals surface area contributed by atoms with Crippen molar-refractivity contribution in [2.24, 2.45) is 0 Å². The number of nitrogens with two attached hydrogens (primary N) is 2. The van der Waals surface area contributed by atoms with Gasteiger partial charge in [-0.3, -0.25) is 0 Å². The number of carbonyl (C=O) groups is 2. The van der Waals surface area contributed by atoms with Crippen molar-refractivity contribution in [3.8, 4) is 11.1 Å². The minimum Gasteiger partial charge on any atom is -0.462 e. The van der Waals surface area contributed by atoms with Gasteiger partial charge in [0.1, 0.15) is 0 Å². The van der Waals surface area contributed by atoms with Crippen LogP contribution in [0, 0.1) is 0 Å². The number of anilines is 2. The van der Waals surface area contributed by atoms with Gasteiger partial charge in [0.05, 0.1) is 24.3 Å². The molecular formula is C38H58Br2N2O4. The van der Waals surface area contributed by atoms with Crippen LogP contribution in [-0.2, 0) is 9.47 Å². The summed E-state index contributed by atoms with van der Waals surface area (Å²) < 4.78 is 12.6. The molecule has 2 aromatic carbocycles. The molecule has 0 aliphatic rings. The lowest BCUT2D eigenvalue weighted by Gasteiger charge is -2.18. The molecule has 0 amide bonds. The third kappa shape index (κ3) is 15.2. The van der Waals surface area contributed by atoms with Gasteiger partial charge >= 0.3 is 11.9 Å². The second-order valence-corrected chi connectivity index (χ2v) is 14.2. The maximum atomic E-state index is 13.4. The standard InChI is InChI=1S/C38H58Br2N2O4/c1-3-5-7-9-11-13-15-17-19-21-23-45-37(43)31-25-29(41)27-33(39)35(31)36-32(26-30(42)28-34(36)40)38(44)46-24-22-20-18-16-14-12-10-8-6-4-2/h25-28H,3-24,41-42H2,1-2H3. The Morgan fingerprint density at radius 2 is 0.783 bits per heavy atom. The van der Waals surface area contributed by atoms with Crippen LogP contribution in [0.15, 0.2) is 33.2 Å². The van der Waals surface area contributed by atoms with E-state index >= 15 is 0 Å². The van der Waals surface area contributed by atoms with Crippen LogP contribution in [0.2, 0.25) is 0 Å². The Morgan fingerprint density at radius 1 is 0.500 bits per heavy atom. The number of unbranched alkanes of at least 4 members (excludes halogenated alkanes) is 18. The maximum Gasteiger partial charge on any atom is 0.338 e. The predicted octanol–water partition coefficient (Wildman–Crippen LogP) is 12.2. The number of carbonyl (C=O) groups excluding carboxylic acids is 2. The molecule has 0 spiro atoms. The number of halogens is 2. The quantitative estimate of drug-likeness (QED) is 0.0592. The zero-order valence-corrected chi connectivity index (χ0v) is 31.6. The topological polar surface area (TPSA) is 105 Å². The Bertz CT molecular complexity index is 1100. The molecule has 8 heteroatoms. The molecule has 0 radical (unpaired) electrons. The van der Waals surface area contributed by atoms with E-state index in [9.17, 15) is 9.59 Å². The number of rotatable bonds is 25. The molecule has 0 aliphatic carbocycles. The number of benzene rings is 2. The zero-order chi connectivity index (χ0) is 33.6. The molecule has 0 saturated carbocycles. The highest BCUT2D eigenvalue weighted by molar-refractivity contribution is 9.11. The molecule has 0 fully saturated rings. The van der Waals surface area contributed by atoms with Crippen molar-refractivity contribution in [3.05, 3.63) is 44.3 Å². The van der Waals surface area contributed by atoms with Crippen molar-refractivity contribution in [2.75, 3.05) is 24.7 Å². The molecule has 0 saturated heterocycles. The van der Waals surface area contributed by atoms with Gasteiger partial charge in [0.25, 0.3) is 0 Å². The second-order valence-electron chi connectivity index (χ2n) is 12.5. The van der Waals surface area contributed by atoms with Crippen LogP contribution in [0.5, 0.6) is 0 Å². The van der Waals surface area contributed by atoms with Crippen LogP contribution in [-0.4, -0.2) is 25.2 Å². The van der Waals surface area contributed by atoms with Crippen molar-refractivity contribution in [3.63, 3.8) is 0 Å². The number of hydrogen-bond donors (Lipinski definition) is 2. The van der Waals surface area contributed by atoms with Crippen molar-refractivity contribution in [1.29, 1.82) is 0 Å². The van der Waals surface area contributed by atoms with E-state index < -0.39 is 11.9 Å². The van der Waals surface area contributed by atoms with E-state index in [1.165, 1.54) is 89.9 Å². The summed E-state index contributed by atoms with van der Waals surface area (Å²) in [6.07, 6.45) is 24.1. The zero-order valence-electron chi connectivity index (χ0n) is 28.4. The van der Waals surface area contributed by atoms with Gasteiger partial charge in [0.2, 0.25) is 0 Å². The number of ether oxygens (including phenoxy) is 2. The Labute approximate surface area is 295 Å². The lowest BCUT2D eigenvalue weighted by Crippen LogP contribution is -2.13. The molecule has 4 N–H and O–H groups in total. The summed E-state index contributed by atoms with van der Waals surface area (Å²) >= 11 is 7.19. The number of nitrogen functional groups attached to an aromatic ring is 2. The van der Waals surface area contributed by atoms with Crippen LogP contribution < -0.4 is 11.5 Å². The first-order chi connectivity index (χ1) is 22.3. The molecule has 46 heavy (non-hydrogen) atoms. The molecule has 0 aliphatic heterocycles. The maximum absolute atomic E-state index is 13.4. The first-order valence-corrected chi connectivity index (χ1v) is 19.4. The average molecular weight is 767 g/mol. The van der Waals surface area contributed by atoms with Gasteiger partial charge in [-0.2, -0.15) is 0 Å². The van der Waals surface area contributed by atoms with Gasteiger partial charge in [-0.15, -0.1) is 0 Å². The van der Waals surface area contributed by atoms with Gasteiger partial charge in [-0.25, -0.2) is 9.59 Å². The number of esters is 2. The minimum atomic E-state index is -0.479. The fourth-order valence-electron chi connectivity index (χ4n) is 5.75. The summed E-state index contributed by atoms with van der Waals surface area (Å²) in [5, 5.41) is 0. The number of hydrogen-bond acceptors (Lipinski definition) is 6. The average Bonchev–Trinajstić information content (AvgIpc) is 3.02. The summed E-state index contributed by atoms with van der Waals surface area (Å²) in [4.78, 5) is 26.8. The molecule has 0 atom stereocenters. The van der Waals surface area contributed by atoms with Crippen molar-refractivity contribution in [1.82, 2.24) is 0 Å². The first-order valence-electron chi connectivity index (χ1n) is 17.8. The molecule has 6 nitrogen and oxygen atoms in total. The Balaban J connectivity index is 1.98. The van der Waals surface area contributed by atoms with E-state index in [1.54, 1.807) is 24.3 Å². The third-order valence-corrected chi connectivity index (χ3v) is 9.63. The summed E-state index contributed by atoms with van der Waals surface area (Å²) in [6, 6.07) is 6.64. The van der Waals surface area contributed by atoms with Crippen LogP contribution in [0.1, 0.15) is 163 Å². The highest BCUT2D eigenvalue weighted by atomic mass is 79.9. The van der Waals surface area contributed by atoms with E-state index in [1.807, 2.05) is 0 Å². The highest BCUT2D eigenvalue weighted by Gasteiger charge is 2.26. The van der Waals surface area contributed by atoms with Crippen molar-refractivity contribution >= 4 is 55.2 Å². The molecular weight excluding hydrogens is 708 g/mol. The fraction of sp³-hybridized carbons (Fsp3) is 0.632. The lowest BCUT2D eigenvalue weighted by atomic mass is 9.94. The smallest absolute Gasteiger partial charge is 0.338 e. The monoisotopic (exact) mass is 764 g/mol. The van der Waals surface area contributed by atoms with Gasteiger partial charge in [0, 0.05) is 31.4 Å². The summed E-state index contributed by atoms with van der Waals surface area (Å²) in [5.41, 5.74) is 14.7. The van der Waals surface area contributed by atoms with Crippen molar-refractivity contribution < 1.29 is 19.1 Å². The molecule has 2 rings (SSSR count). The normalized spacial score (nSPS) is 11.1. The fourth-order valence-corrected chi connectivity index (χ4v) is 7.10. The van der Waals surface area contributed by atoms with Gasteiger partial charge < -0.3 is 20.9 Å². The van der Waals surface area contributed by atoms with Crippen LogP contribution in [0.25, 0.3) is 11.1 Å². The highest BCUT2D eigenvalue weighted by Crippen LogP contribution is 2.41. The van der Waals surface area contributed by atoms with E-state index in [-0.39, 0.29) is 11.1 Å². The van der Waals surface area contributed by atoms with Crippen LogP contribution in [0.4, 0.5) is 11.4 Å². The van der Waals surface area contributed by atoms with E-state index in [4.69, 9.17) is 20.9 Å². The second kappa shape index (κ2) is 24.1. The molecule has 0 heterocycles. The molecule has 0 aromatic heterocycles. The lowest BCUT2D eigenvalue weighted by molar-refractivity contribution is 0.0486. The van der Waals surface area contributed by atoms with Crippen molar-refractivity contribution in [2.45, 2.75) is 142 Å². The third-order valence-electron chi connectivity index (χ3n) is 8.38. The summed E-state index contributed by atoms with van der Waals surface area (Å²) in [6.45, 7) is 5.14. The molecule has 0 bridgehead atoms. The first kappa shape index (κ1) is 40.1. The van der Waals surface area contributed by atoms with Crippen LogP contribution >= 0.6 is 31.9 Å². The minimum absolute atomic E-state index is 0.285.